The van der Waals surface area contributed by atoms with Crippen LogP contribution in [0.5, 0.6) is 0 Å². The van der Waals surface area contributed by atoms with Crippen LogP contribution in [0, 0.1) is 5.82 Å². The van der Waals surface area contributed by atoms with Gasteiger partial charge in [0.25, 0.3) is 5.91 Å². The Bertz CT molecular complexity index is 448. The summed E-state index contributed by atoms with van der Waals surface area (Å²) in [5.41, 5.74) is 5.62. The second-order valence-corrected chi connectivity index (χ2v) is 4.55. The molecule has 0 aromatic carbocycles. The lowest BCUT2D eigenvalue weighted by atomic mass is 10.2. The first-order chi connectivity index (χ1) is 8.58. The molecule has 5 nitrogen and oxygen atoms in total. The normalized spacial score (nSPS) is 14.8. The number of halogens is 1. The summed E-state index contributed by atoms with van der Waals surface area (Å²) in [6.07, 6.45) is 3.45. The number of rotatable bonds is 5. The molecule has 1 aromatic rings. The first-order valence-corrected chi connectivity index (χ1v) is 5.97. The Morgan fingerprint density at radius 3 is 3.06 bits per heavy atom. The van der Waals surface area contributed by atoms with Gasteiger partial charge in [-0.15, -0.1) is 0 Å². The molecule has 1 heterocycles. The third-order valence-electron chi connectivity index (χ3n) is 3.05. The van der Waals surface area contributed by atoms with Crippen molar-refractivity contribution >= 4 is 11.7 Å². The van der Waals surface area contributed by atoms with E-state index < -0.39 is 5.82 Å². The Kier molecular flexibility index (Phi) is 3.76. The number of aromatic nitrogens is 1. The minimum atomic E-state index is -0.565. The molecule has 0 aliphatic heterocycles. The van der Waals surface area contributed by atoms with E-state index in [4.69, 9.17) is 5.73 Å². The van der Waals surface area contributed by atoms with E-state index in [2.05, 4.69) is 15.2 Å². The van der Waals surface area contributed by atoms with E-state index in [-0.39, 0.29) is 17.3 Å². The van der Waals surface area contributed by atoms with E-state index in [1.807, 2.05) is 7.05 Å². The molecule has 0 atom stereocenters. The van der Waals surface area contributed by atoms with Crippen molar-refractivity contribution in [3.8, 4) is 0 Å². The van der Waals surface area contributed by atoms with Gasteiger partial charge >= 0.3 is 0 Å². The molecule has 1 aromatic heterocycles. The van der Waals surface area contributed by atoms with Gasteiger partial charge in [-0.2, -0.15) is 0 Å². The Hall–Kier alpha value is -1.69. The summed E-state index contributed by atoms with van der Waals surface area (Å²) in [5, 5.41) is 2.71. The molecule has 1 aliphatic rings. The largest absolute Gasteiger partial charge is 0.383 e. The lowest BCUT2D eigenvalue weighted by Crippen LogP contribution is -2.34. The molecular formula is C12H17FN4O. The highest BCUT2D eigenvalue weighted by Gasteiger charge is 2.25. The van der Waals surface area contributed by atoms with Gasteiger partial charge in [0.2, 0.25) is 0 Å². The zero-order valence-corrected chi connectivity index (χ0v) is 10.3. The molecule has 3 N–H and O–H groups in total. The summed E-state index contributed by atoms with van der Waals surface area (Å²) in [5.74, 6) is -0.905. The Balaban J connectivity index is 1.85. The third-order valence-corrected chi connectivity index (χ3v) is 3.05. The summed E-state index contributed by atoms with van der Waals surface area (Å²) < 4.78 is 13.0. The first kappa shape index (κ1) is 12.8. The van der Waals surface area contributed by atoms with Gasteiger partial charge in [-0.05, 0) is 26.0 Å². The fourth-order valence-corrected chi connectivity index (χ4v) is 1.77. The summed E-state index contributed by atoms with van der Waals surface area (Å²) in [6, 6.07) is 1.75. The van der Waals surface area contributed by atoms with Crippen molar-refractivity contribution in [2.24, 2.45) is 0 Å². The summed E-state index contributed by atoms with van der Waals surface area (Å²) in [6.45, 7) is 1.29. The predicted molar refractivity (Wildman–Crippen MR) is 66.6 cm³/mol. The highest BCUT2D eigenvalue weighted by molar-refractivity contribution is 5.98. The Labute approximate surface area is 105 Å². The van der Waals surface area contributed by atoms with Gasteiger partial charge in [0.15, 0.2) is 0 Å². The minimum Gasteiger partial charge on any atom is -0.383 e. The number of carbonyl (C=O) groups excluding carboxylic acids is 1. The van der Waals surface area contributed by atoms with E-state index in [1.165, 1.54) is 12.8 Å². The third kappa shape index (κ3) is 3.16. The number of hydrogen-bond donors (Lipinski definition) is 2. The molecule has 0 bridgehead atoms. The number of nitrogens with one attached hydrogen (secondary N) is 1. The van der Waals surface area contributed by atoms with Crippen molar-refractivity contribution in [2.75, 3.05) is 25.9 Å². The molecule has 1 saturated carbocycles. The molecule has 1 aliphatic carbocycles. The predicted octanol–water partition coefficient (Wildman–Crippen LogP) is 0.627. The number of pyridine rings is 1. The van der Waals surface area contributed by atoms with Crippen LogP contribution in [0.3, 0.4) is 0 Å². The summed E-state index contributed by atoms with van der Waals surface area (Å²) in [7, 11) is 2.03. The van der Waals surface area contributed by atoms with Gasteiger partial charge in [-0.25, -0.2) is 9.37 Å². The lowest BCUT2D eigenvalue weighted by Gasteiger charge is -2.15. The molecule has 0 saturated heterocycles. The highest BCUT2D eigenvalue weighted by atomic mass is 19.1. The van der Waals surface area contributed by atoms with Gasteiger partial charge in [0.05, 0.1) is 11.8 Å². The average Bonchev–Trinajstić information content (AvgIpc) is 3.16. The van der Waals surface area contributed by atoms with Crippen LogP contribution in [0.1, 0.15) is 23.2 Å². The van der Waals surface area contributed by atoms with Gasteiger partial charge in [0.1, 0.15) is 11.6 Å². The quantitative estimate of drug-likeness (QED) is 0.806. The molecule has 6 heteroatoms. The van der Waals surface area contributed by atoms with Crippen LogP contribution in [0.15, 0.2) is 12.3 Å². The first-order valence-electron chi connectivity index (χ1n) is 5.97. The molecule has 0 unspecified atom stereocenters. The zero-order valence-electron chi connectivity index (χ0n) is 10.3. The molecule has 0 spiro atoms. The van der Waals surface area contributed by atoms with Gasteiger partial charge < -0.3 is 16.0 Å². The molecule has 2 rings (SSSR count). The van der Waals surface area contributed by atoms with Gasteiger partial charge in [-0.3, -0.25) is 4.79 Å². The topological polar surface area (TPSA) is 71.2 Å². The van der Waals surface area contributed by atoms with Crippen LogP contribution >= 0.6 is 0 Å². The molecule has 18 heavy (non-hydrogen) atoms. The van der Waals surface area contributed by atoms with Gasteiger partial charge in [-0.1, -0.05) is 0 Å². The number of likely N-dealkylation sites (N-methyl/N-ethyl adjacent to an activating group) is 1. The van der Waals surface area contributed by atoms with Crippen LogP contribution in [0.4, 0.5) is 10.2 Å². The zero-order chi connectivity index (χ0) is 13.1. The lowest BCUT2D eigenvalue weighted by molar-refractivity contribution is 0.0949. The number of amides is 1. The van der Waals surface area contributed by atoms with Crippen molar-refractivity contribution in [2.45, 2.75) is 18.9 Å². The van der Waals surface area contributed by atoms with E-state index in [0.29, 0.717) is 12.6 Å². The van der Waals surface area contributed by atoms with Crippen LogP contribution in [-0.4, -0.2) is 42.0 Å². The molecule has 0 radical (unpaired) electrons. The molecule has 1 fully saturated rings. The Morgan fingerprint density at radius 2 is 2.39 bits per heavy atom. The van der Waals surface area contributed by atoms with Crippen molar-refractivity contribution in [3.05, 3.63) is 23.6 Å². The number of nitrogen functional groups attached to an aromatic ring is 1. The number of hydrogen-bond acceptors (Lipinski definition) is 4. The SMILES string of the molecule is CN(CCNC(=O)c1cc(F)cnc1N)C1CC1. The summed E-state index contributed by atoms with van der Waals surface area (Å²) >= 11 is 0. The van der Waals surface area contributed by atoms with Gasteiger partial charge in [0, 0.05) is 19.1 Å². The van der Waals surface area contributed by atoms with Crippen LogP contribution in [0.25, 0.3) is 0 Å². The fourth-order valence-electron chi connectivity index (χ4n) is 1.77. The van der Waals surface area contributed by atoms with Crippen LogP contribution < -0.4 is 11.1 Å². The monoisotopic (exact) mass is 252 g/mol. The van der Waals surface area contributed by atoms with Crippen LogP contribution in [-0.2, 0) is 0 Å². The number of nitrogens with two attached hydrogens (primary N) is 1. The highest BCUT2D eigenvalue weighted by Crippen LogP contribution is 2.24. The van der Waals surface area contributed by atoms with Crippen molar-refractivity contribution in [1.29, 1.82) is 0 Å². The Morgan fingerprint density at radius 1 is 1.67 bits per heavy atom. The average molecular weight is 252 g/mol. The standard InChI is InChI=1S/C12H17FN4O/c1-17(9-2-3-9)5-4-15-12(18)10-6-8(13)7-16-11(10)14/h6-7,9H,2-5H2,1H3,(H2,14,16)(H,15,18). The molecule has 98 valence electrons. The van der Waals surface area contributed by atoms with Crippen LogP contribution in [0.2, 0.25) is 0 Å². The fraction of sp³-hybridized carbons (Fsp3) is 0.500. The number of anilines is 1. The van der Waals surface area contributed by atoms with Crippen molar-refractivity contribution in [3.63, 3.8) is 0 Å². The van der Waals surface area contributed by atoms with E-state index >= 15 is 0 Å². The smallest absolute Gasteiger partial charge is 0.255 e. The number of nitrogens with zero attached hydrogens (tertiary/aromatic N) is 2. The van der Waals surface area contributed by atoms with E-state index in [1.54, 1.807) is 0 Å². The maximum atomic E-state index is 13.0. The second kappa shape index (κ2) is 5.30. The molecular weight excluding hydrogens is 235 g/mol. The molecule has 1 amide bonds. The van der Waals surface area contributed by atoms with Crippen molar-refractivity contribution < 1.29 is 9.18 Å². The minimum absolute atomic E-state index is 0.0458. The van der Waals surface area contributed by atoms with Crippen molar-refractivity contribution in [1.82, 2.24) is 15.2 Å². The van der Waals surface area contributed by atoms with E-state index in [9.17, 15) is 9.18 Å². The summed E-state index contributed by atoms with van der Waals surface area (Å²) in [4.78, 5) is 17.6. The second-order valence-electron chi connectivity index (χ2n) is 4.55. The number of carbonyl (C=O) groups is 1. The van der Waals surface area contributed by atoms with E-state index in [0.717, 1.165) is 18.8 Å². The maximum absolute atomic E-state index is 13.0. The maximum Gasteiger partial charge on any atom is 0.255 e.